The fourth-order valence-electron chi connectivity index (χ4n) is 2.17. The first kappa shape index (κ1) is 14.0. The summed E-state index contributed by atoms with van der Waals surface area (Å²) < 4.78 is 4.66. The highest BCUT2D eigenvalue weighted by Gasteiger charge is 2.31. The van der Waals surface area contributed by atoms with Crippen LogP contribution in [0.2, 0.25) is 0 Å². The summed E-state index contributed by atoms with van der Waals surface area (Å²) in [5.74, 6) is -0.914. The Morgan fingerprint density at radius 3 is 2.82 bits per heavy atom. The fraction of sp³-hybridized carbons (Fsp3) is 0.833. The van der Waals surface area contributed by atoms with Crippen LogP contribution in [-0.2, 0) is 14.3 Å². The van der Waals surface area contributed by atoms with Gasteiger partial charge in [-0.25, -0.2) is 4.79 Å². The molecule has 0 saturated carbocycles. The highest BCUT2D eigenvalue weighted by molar-refractivity contribution is 5.85. The molecule has 0 spiro atoms. The lowest BCUT2D eigenvalue weighted by molar-refractivity contribution is -0.154. The van der Waals surface area contributed by atoms with Gasteiger partial charge < -0.3 is 14.7 Å². The third-order valence-electron chi connectivity index (χ3n) is 3.31. The first-order valence-electron chi connectivity index (χ1n) is 6.11. The number of hydrogen-bond acceptors (Lipinski definition) is 4. The fourth-order valence-corrected chi connectivity index (χ4v) is 2.17. The Balaban J connectivity index is 2.78. The number of ether oxygens (including phenoxy) is 1. The molecule has 2 atom stereocenters. The Morgan fingerprint density at radius 1 is 1.53 bits per heavy atom. The van der Waals surface area contributed by atoms with Gasteiger partial charge in [-0.2, -0.15) is 0 Å². The quantitative estimate of drug-likeness (QED) is 0.735. The van der Waals surface area contributed by atoms with E-state index in [1.807, 2.05) is 0 Å². The number of aliphatic hydroxyl groups is 1. The molecule has 1 saturated heterocycles. The summed E-state index contributed by atoms with van der Waals surface area (Å²) in [5, 5.41) is 9.21. The lowest BCUT2D eigenvalue weighted by atomic mass is 9.97. The van der Waals surface area contributed by atoms with Gasteiger partial charge in [0.2, 0.25) is 5.91 Å². The second kappa shape index (κ2) is 6.59. The number of likely N-dealkylation sites (tertiary alicyclic amines) is 1. The monoisotopic (exact) mass is 243 g/mol. The van der Waals surface area contributed by atoms with Crippen molar-refractivity contribution in [2.75, 3.05) is 20.3 Å². The summed E-state index contributed by atoms with van der Waals surface area (Å²) in [6.45, 7) is 2.08. The molecule has 1 heterocycles. The molecule has 5 heteroatoms. The van der Waals surface area contributed by atoms with Crippen LogP contribution in [0.4, 0.5) is 0 Å². The second-order valence-corrected chi connectivity index (χ2v) is 4.46. The molecule has 1 rings (SSSR count). The van der Waals surface area contributed by atoms with Gasteiger partial charge in [0.25, 0.3) is 0 Å². The van der Waals surface area contributed by atoms with Gasteiger partial charge in [0.15, 0.2) is 0 Å². The minimum atomic E-state index is -0.570. The van der Waals surface area contributed by atoms with Crippen LogP contribution in [0.1, 0.15) is 32.6 Å². The largest absolute Gasteiger partial charge is 0.467 e. The normalized spacial score (nSPS) is 23.8. The third-order valence-corrected chi connectivity index (χ3v) is 3.31. The van der Waals surface area contributed by atoms with Gasteiger partial charge in [-0.15, -0.1) is 0 Å². The Kier molecular flexibility index (Phi) is 5.41. The average molecular weight is 243 g/mol. The van der Waals surface area contributed by atoms with Crippen LogP contribution in [0, 0.1) is 5.92 Å². The van der Waals surface area contributed by atoms with Gasteiger partial charge in [0.05, 0.1) is 19.6 Å². The van der Waals surface area contributed by atoms with E-state index in [2.05, 4.69) is 4.74 Å². The van der Waals surface area contributed by atoms with Crippen molar-refractivity contribution >= 4 is 11.9 Å². The number of amides is 1. The van der Waals surface area contributed by atoms with Crippen molar-refractivity contribution in [3.05, 3.63) is 0 Å². The molecule has 0 bridgehead atoms. The van der Waals surface area contributed by atoms with Gasteiger partial charge >= 0.3 is 5.97 Å². The van der Waals surface area contributed by atoms with Gasteiger partial charge in [-0.3, -0.25) is 4.79 Å². The van der Waals surface area contributed by atoms with Crippen molar-refractivity contribution in [3.63, 3.8) is 0 Å². The zero-order valence-corrected chi connectivity index (χ0v) is 10.5. The number of rotatable bonds is 3. The van der Waals surface area contributed by atoms with E-state index >= 15 is 0 Å². The minimum Gasteiger partial charge on any atom is -0.467 e. The first-order chi connectivity index (χ1) is 8.11. The molecule has 17 heavy (non-hydrogen) atoms. The number of carbonyl (C=O) groups is 2. The molecular formula is C12H21NO4. The maximum Gasteiger partial charge on any atom is 0.328 e. The zero-order chi connectivity index (χ0) is 12.8. The van der Waals surface area contributed by atoms with Gasteiger partial charge in [0.1, 0.15) is 6.04 Å². The van der Waals surface area contributed by atoms with Crippen molar-refractivity contribution in [3.8, 4) is 0 Å². The molecule has 1 amide bonds. The molecule has 1 N–H and O–H groups in total. The SMILES string of the molecule is COC(=O)C(C)N1CCCCCC(CO)C1=O. The van der Waals surface area contributed by atoms with Gasteiger partial charge in [-0.05, 0) is 19.8 Å². The average Bonchev–Trinajstić information content (AvgIpc) is 2.33. The van der Waals surface area contributed by atoms with Crippen molar-refractivity contribution < 1.29 is 19.4 Å². The number of methoxy groups -OCH3 is 1. The molecule has 1 aliphatic heterocycles. The summed E-state index contributed by atoms with van der Waals surface area (Å²) in [5.41, 5.74) is 0. The maximum absolute atomic E-state index is 12.1. The van der Waals surface area contributed by atoms with E-state index in [9.17, 15) is 14.7 Å². The molecule has 0 aromatic rings. The predicted molar refractivity (Wildman–Crippen MR) is 62.2 cm³/mol. The topological polar surface area (TPSA) is 66.8 Å². The summed E-state index contributed by atoms with van der Waals surface area (Å²) in [6, 6.07) is -0.570. The maximum atomic E-state index is 12.1. The van der Waals surface area contributed by atoms with E-state index in [0.717, 1.165) is 19.3 Å². The first-order valence-corrected chi connectivity index (χ1v) is 6.11. The highest BCUT2D eigenvalue weighted by atomic mass is 16.5. The molecule has 5 nitrogen and oxygen atoms in total. The molecular weight excluding hydrogens is 222 g/mol. The number of aliphatic hydroxyl groups excluding tert-OH is 1. The van der Waals surface area contributed by atoms with Crippen molar-refractivity contribution in [2.45, 2.75) is 38.6 Å². The van der Waals surface area contributed by atoms with Gasteiger partial charge in [0, 0.05) is 6.54 Å². The molecule has 0 aromatic carbocycles. The van der Waals surface area contributed by atoms with E-state index in [4.69, 9.17) is 0 Å². The van der Waals surface area contributed by atoms with Crippen LogP contribution < -0.4 is 0 Å². The van der Waals surface area contributed by atoms with E-state index in [-0.39, 0.29) is 18.4 Å². The number of esters is 1. The van der Waals surface area contributed by atoms with Gasteiger partial charge in [-0.1, -0.05) is 12.8 Å². The highest BCUT2D eigenvalue weighted by Crippen LogP contribution is 2.19. The smallest absolute Gasteiger partial charge is 0.328 e. The van der Waals surface area contributed by atoms with Crippen LogP contribution in [0.15, 0.2) is 0 Å². The Bertz CT molecular complexity index is 280. The summed E-state index contributed by atoms with van der Waals surface area (Å²) in [6.07, 6.45) is 3.57. The van der Waals surface area contributed by atoms with E-state index in [1.54, 1.807) is 6.92 Å². The molecule has 1 fully saturated rings. The Hall–Kier alpha value is -1.10. The second-order valence-electron chi connectivity index (χ2n) is 4.46. The van der Waals surface area contributed by atoms with E-state index in [1.165, 1.54) is 12.0 Å². The molecule has 0 aromatic heterocycles. The predicted octanol–water partition coefficient (Wildman–Crippen LogP) is 0.559. The Morgan fingerprint density at radius 2 is 2.24 bits per heavy atom. The molecule has 1 aliphatic rings. The van der Waals surface area contributed by atoms with E-state index < -0.39 is 12.0 Å². The summed E-state index contributed by atoms with van der Waals surface area (Å²) in [4.78, 5) is 25.2. The third kappa shape index (κ3) is 3.43. The number of nitrogens with zero attached hydrogens (tertiary/aromatic N) is 1. The van der Waals surface area contributed by atoms with Crippen molar-refractivity contribution in [1.82, 2.24) is 4.90 Å². The van der Waals surface area contributed by atoms with Crippen LogP contribution in [-0.4, -0.2) is 48.2 Å². The lowest BCUT2D eigenvalue weighted by Crippen LogP contribution is -2.48. The molecule has 98 valence electrons. The minimum absolute atomic E-state index is 0.134. The lowest BCUT2D eigenvalue weighted by Gasteiger charge is -2.32. The molecule has 0 aliphatic carbocycles. The van der Waals surface area contributed by atoms with Crippen molar-refractivity contribution in [2.24, 2.45) is 5.92 Å². The number of carbonyl (C=O) groups excluding carboxylic acids is 2. The molecule has 2 unspecified atom stereocenters. The number of hydrogen-bond donors (Lipinski definition) is 1. The van der Waals surface area contributed by atoms with Crippen LogP contribution in [0.3, 0.4) is 0 Å². The standard InChI is InChI=1S/C12H21NO4/c1-9(12(16)17-2)13-7-5-3-4-6-10(8-14)11(13)15/h9-10,14H,3-8H2,1-2H3. The summed E-state index contributed by atoms with van der Waals surface area (Å²) >= 11 is 0. The van der Waals surface area contributed by atoms with Crippen LogP contribution >= 0.6 is 0 Å². The molecule has 0 radical (unpaired) electrons. The van der Waals surface area contributed by atoms with E-state index in [0.29, 0.717) is 13.0 Å². The van der Waals surface area contributed by atoms with Crippen LogP contribution in [0.25, 0.3) is 0 Å². The zero-order valence-electron chi connectivity index (χ0n) is 10.5. The summed E-state index contributed by atoms with van der Waals surface area (Å²) in [7, 11) is 1.32. The Labute approximate surface area is 102 Å². The van der Waals surface area contributed by atoms with Crippen molar-refractivity contribution in [1.29, 1.82) is 0 Å². The van der Waals surface area contributed by atoms with Crippen LogP contribution in [0.5, 0.6) is 0 Å².